The van der Waals surface area contributed by atoms with Gasteiger partial charge in [-0.25, -0.2) is 4.79 Å². The molecule has 0 amide bonds. The van der Waals surface area contributed by atoms with Crippen LogP contribution >= 0.6 is 11.7 Å². The molecule has 1 aliphatic carbocycles. The highest BCUT2D eigenvalue weighted by Gasteiger charge is 2.27. The lowest BCUT2D eigenvalue weighted by atomic mass is 9.80. The van der Waals surface area contributed by atoms with Gasteiger partial charge >= 0.3 is 5.97 Å². The fraction of sp³-hybridized carbons (Fsp3) is 0.333. The number of allylic oxidation sites excluding steroid dienone is 1. The molecular formula is C24H24N2O3S. The minimum absolute atomic E-state index is 0.0843. The molecule has 6 heteroatoms. The Morgan fingerprint density at radius 1 is 0.967 bits per heavy atom. The number of fused-ring (bicyclic) bond motifs is 1. The molecule has 1 heterocycles. The van der Waals surface area contributed by atoms with Crippen molar-refractivity contribution in [3.63, 3.8) is 0 Å². The summed E-state index contributed by atoms with van der Waals surface area (Å²) in [6.07, 6.45) is 6.03. The number of nitrogens with zero attached hydrogens (tertiary/aromatic N) is 2. The van der Waals surface area contributed by atoms with Crippen molar-refractivity contribution >= 4 is 40.1 Å². The molecule has 0 saturated heterocycles. The fourth-order valence-corrected chi connectivity index (χ4v) is 4.75. The summed E-state index contributed by atoms with van der Waals surface area (Å²) < 4.78 is 8.43. The predicted molar refractivity (Wildman–Crippen MR) is 119 cm³/mol. The normalized spacial score (nSPS) is 15.8. The van der Waals surface area contributed by atoms with Crippen molar-refractivity contribution in [2.45, 2.75) is 45.4 Å². The Morgan fingerprint density at radius 2 is 1.63 bits per heavy atom. The third-order valence-electron chi connectivity index (χ3n) is 5.86. The molecule has 1 N–H and O–H groups in total. The topological polar surface area (TPSA) is 80.2 Å². The summed E-state index contributed by atoms with van der Waals surface area (Å²) >= 11 is 1.09. The lowest BCUT2D eigenvalue weighted by Gasteiger charge is -2.23. The second kappa shape index (κ2) is 8.88. The zero-order valence-electron chi connectivity index (χ0n) is 16.9. The summed E-state index contributed by atoms with van der Waals surface area (Å²) in [6.45, 7) is 1.97. The molecule has 1 fully saturated rings. The number of aromatic nitrogens is 2. The zero-order chi connectivity index (χ0) is 21.1. The van der Waals surface area contributed by atoms with Gasteiger partial charge in [-0.1, -0.05) is 68.0 Å². The van der Waals surface area contributed by atoms with E-state index in [0.717, 1.165) is 48.5 Å². The van der Waals surface area contributed by atoms with E-state index in [0.29, 0.717) is 34.6 Å². The van der Waals surface area contributed by atoms with Gasteiger partial charge in [-0.3, -0.25) is 4.79 Å². The van der Waals surface area contributed by atoms with Crippen LogP contribution in [0.3, 0.4) is 0 Å². The van der Waals surface area contributed by atoms with Gasteiger partial charge in [0.15, 0.2) is 5.78 Å². The van der Waals surface area contributed by atoms with Gasteiger partial charge in [0.05, 0.1) is 17.3 Å². The molecule has 154 valence electrons. The number of carbonyl (C=O) groups is 2. The fourth-order valence-electron chi connectivity index (χ4n) is 4.23. The number of carboxylic acids is 1. The van der Waals surface area contributed by atoms with E-state index in [1.807, 2.05) is 19.1 Å². The summed E-state index contributed by atoms with van der Waals surface area (Å²) in [6, 6.07) is 12.6. The van der Waals surface area contributed by atoms with E-state index in [-0.39, 0.29) is 11.4 Å². The van der Waals surface area contributed by atoms with Crippen LogP contribution in [-0.4, -0.2) is 25.6 Å². The molecule has 0 atom stereocenters. The number of ketones is 1. The van der Waals surface area contributed by atoms with E-state index in [9.17, 15) is 14.7 Å². The molecule has 30 heavy (non-hydrogen) atoms. The first-order valence-corrected chi connectivity index (χ1v) is 11.1. The summed E-state index contributed by atoms with van der Waals surface area (Å²) in [5, 5.41) is 10.1. The maximum atomic E-state index is 13.5. The smallest absolute Gasteiger partial charge is 0.336 e. The molecule has 1 saturated carbocycles. The first-order chi connectivity index (χ1) is 14.5. The lowest BCUT2D eigenvalue weighted by molar-refractivity contribution is -0.130. The Bertz CT molecular complexity index is 1110. The Hall–Kier alpha value is -2.86. The van der Waals surface area contributed by atoms with E-state index in [2.05, 4.69) is 8.75 Å². The van der Waals surface area contributed by atoms with Crippen LogP contribution in [0.4, 0.5) is 0 Å². The van der Waals surface area contributed by atoms with Crippen molar-refractivity contribution in [1.29, 1.82) is 0 Å². The van der Waals surface area contributed by atoms with Crippen molar-refractivity contribution in [3.8, 4) is 0 Å². The van der Waals surface area contributed by atoms with Gasteiger partial charge in [-0.15, -0.1) is 0 Å². The first kappa shape index (κ1) is 20.4. The van der Waals surface area contributed by atoms with E-state index in [1.54, 1.807) is 30.3 Å². The number of rotatable bonds is 6. The second-order valence-corrected chi connectivity index (χ2v) is 8.56. The Balaban J connectivity index is 1.84. The highest BCUT2D eigenvalue weighted by atomic mass is 32.1. The Labute approximate surface area is 179 Å². The molecule has 5 nitrogen and oxygen atoms in total. The number of carbonyl (C=O) groups excluding carboxylic acids is 1. The van der Waals surface area contributed by atoms with Gasteiger partial charge in [0, 0.05) is 11.1 Å². The molecule has 0 unspecified atom stereocenters. The molecule has 3 aromatic rings. The number of Topliss-reactive ketones (excluding diaryl/α,β-unsaturated/α-hetero) is 1. The van der Waals surface area contributed by atoms with E-state index >= 15 is 0 Å². The van der Waals surface area contributed by atoms with Crippen LogP contribution < -0.4 is 0 Å². The summed E-state index contributed by atoms with van der Waals surface area (Å²) in [5.41, 5.74) is 3.95. The van der Waals surface area contributed by atoms with Gasteiger partial charge in [0.2, 0.25) is 0 Å². The number of hydrogen-bond acceptors (Lipinski definition) is 5. The molecule has 4 rings (SSSR count). The lowest BCUT2D eigenvalue weighted by Crippen LogP contribution is -2.16. The van der Waals surface area contributed by atoms with Gasteiger partial charge in [0.25, 0.3) is 0 Å². The molecule has 0 spiro atoms. The quantitative estimate of drug-likeness (QED) is 0.409. The molecule has 2 aromatic carbocycles. The third-order valence-corrected chi connectivity index (χ3v) is 6.42. The zero-order valence-corrected chi connectivity index (χ0v) is 17.7. The van der Waals surface area contributed by atoms with Crippen LogP contribution in [0.2, 0.25) is 0 Å². The number of carboxylic acid groups (broad SMARTS) is 1. The van der Waals surface area contributed by atoms with E-state index < -0.39 is 5.97 Å². The summed E-state index contributed by atoms with van der Waals surface area (Å²) in [5.74, 6) is -0.944. The maximum Gasteiger partial charge on any atom is 0.336 e. The highest BCUT2D eigenvalue weighted by molar-refractivity contribution is 7.00. The minimum Gasteiger partial charge on any atom is -0.478 e. The number of aliphatic carboxylic acids is 1. The van der Waals surface area contributed by atoms with E-state index in [1.165, 1.54) is 6.42 Å². The van der Waals surface area contributed by atoms with Gasteiger partial charge in [0.1, 0.15) is 11.0 Å². The van der Waals surface area contributed by atoms with Crippen LogP contribution in [0.25, 0.3) is 16.6 Å². The average Bonchev–Trinajstić information content (AvgIpc) is 3.22. The van der Waals surface area contributed by atoms with Gasteiger partial charge in [-0.2, -0.15) is 8.75 Å². The number of benzene rings is 2. The molecule has 1 aromatic heterocycles. The number of hydrogen-bond donors (Lipinski definition) is 1. The second-order valence-electron chi connectivity index (χ2n) is 8.03. The summed E-state index contributed by atoms with van der Waals surface area (Å²) in [4.78, 5) is 25.9. The largest absolute Gasteiger partial charge is 0.478 e. The van der Waals surface area contributed by atoms with Crippen LogP contribution in [0.1, 0.15) is 60.0 Å². The van der Waals surface area contributed by atoms with Crippen LogP contribution in [-0.2, 0) is 4.79 Å². The predicted octanol–water partition coefficient (Wildman–Crippen LogP) is 5.69. The van der Waals surface area contributed by atoms with Crippen LogP contribution in [0, 0.1) is 12.8 Å². The molecular weight excluding hydrogens is 396 g/mol. The van der Waals surface area contributed by atoms with Crippen molar-refractivity contribution in [1.82, 2.24) is 8.75 Å². The monoisotopic (exact) mass is 420 g/mol. The first-order valence-electron chi connectivity index (χ1n) is 10.3. The van der Waals surface area contributed by atoms with Crippen LogP contribution in [0.5, 0.6) is 0 Å². The molecule has 0 bridgehead atoms. The Morgan fingerprint density at radius 3 is 2.33 bits per heavy atom. The van der Waals surface area contributed by atoms with Gasteiger partial charge < -0.3 is 5.11 Å². The van der Waals surface area contributed by atoms with E-state index in [4.69, 9.17) is 0 Å². The summed E-state index contributed by atoms with van der Waals surface area (Å²) in [7, 11) is 0. The minimum atomic E-state index is -1.08. The van der Waals surface area contributed by atoms with Crippen molar-refractivity contribution in [2.24, 2.45) is 5.92 Å². The standard InChI is InChI=1S/C24H24N2O3S/c1-15-7-9-17(10-8-15)23(27)19(13-16-5-3-2-4-6-16)22(24(28)29)18-11-12-20-21(14-18)26-30-25-20/h7-12,14,16H,2-6,13H2,1H3,(H,28,29)/b22-19+. The van der Waals surface area contributed by atoms with Crippen molar-refractivity contribution in [2.75, 3.05) is 0 Å². The average molecular weight is 421 g/mol. The van der Waals surface area contributed by atoms with Crippen molar-refractivity contribution < 1.29 is 14.7 Å². The van der Waals surface area contributed by atoms with Crippen LogP contribution in [0.15, 0.2) is 48.0 Å². The maximum absolute atomic E-state index is 13.5. The highest BCUT2D eigenvalue weighted by Crippen LogP contribution is 2.34. The molecule has 0 radical (unpaired) electrons. The van der Waals surface area contributed by atoms with Crippen molar-refractivity contribution in [3.05, 3.63) is 64.7 Å². The SMILES string of the molecule is Cc1ccc(C(=O)/C(CC2CCCCC2)=C(/C(=O)O)c2ccc3nsnc3c2)cc1. The Kier molecular flexibility index (Phi) is 6.04. The molecule has 1 aliphatic rings. The third kappa shape index (κ3) is 4.33. The molecule has 0 aliphatic heterocycles. The van der Waals surface area contributed by atoms with Gasteiger partial charge in [-0.05, 0) is 37.0 Å². The number of aryl methyl sites for hydroxylation is 1.